The lowest BCUT2D eigenvalue weighted by Crippen LogP contribution is -2.38. The molecule has 7 nitrogen and oxygen atoms in total. The van der Waals surface area contributed by atoms with Crippen molar-refractivity contribution < 1.29 is 25.8 Å². The van der Waals surface area contributed by atoms with E-state index in [-0.39, 0.29) is 5.52 Å². The van der Waals surface area contributed by atoms with Gasteiger partial charge < -0.3 is 9.92 Å². The van der Waals surface area contributed by atoms with Gasteiger partial charge in [-0.2, -0.15) is 26.7 Å². The molecule has 0 spiro atoms. The molecular weight excluding hydrogens is 445 g/mol. The number of nitrogens with zero attached hydrogens (tertiary/aromatic N) is 2. The maximum Gasteiger partial charge on any atom is 0.534 e. The first-order valence-corrected chi connectivity index (χ1v) is 11.1. The van der Waals surface area contributed by atoms with Crippen molar-refractivity contribution in [3.05, 3.63) is 66.0 Å². The van der Waals surface area contributed by atoms with Crippen LogP contribution in [-0.2, 0) is 22.1 Å². The molecule has 0 saturated heterocycles. The fraction of sp³-hybridized carbons (Fsp3) is 0.238. The zero-order chi connectivity index (χ0) is 23.1. The quantitative estimate of drug-likeness (QED) is 0.328. The summed E-state index contributed by atoms with van der Waals surface area (Å²) in [7, 11) is -5.80. The van der Waals surface area contributed by atoms with Crippen LogP contribution in [0.5, 0.6) is 5.75 Å². The van der Waals surface area contributed by atoms with Gasteiger partial charge in [-0.3, -0.25) is 10.1 Å². The van der Waals surface area contributed by atoms with E-state index >= 15 is 0 Å². The number of aromatic amines is 1. The third kappa shape index (κ3) is 3.89. The Labute approximate surface area is 181 Å². The number of hydrogen-bond donors (Lipinski definition) is 2. The summed E-state index contributed by atoms with van der Waals surface area (Å²) in [6, 6.07) is 13.2. The molecule has 0 aliphatic heterocycles. The number of nitrogens with two attached hydrogens (primary N) is 1. The second-order valence-electron chi connectivity index (χ2n) is 7.42. The Morgan fingerprint density at radius 2 is 1.81 bits per heavy atom. The number of hydrogen-bond acceptors (Lipinski definition) is 6. The maximum atomic E-state index is 12.7. The number of rotatable bonds is 6. The standard InChI is InChI=1S/C21H19F3N4O3S/c1-2-20(25,13-6-4-3-5-7-13)11-18-19-16(12-26-28-19)15-9-8-14(10-17(15)27-18)31-32(29,30)21(22,23)24/h3-10,12H,2,11,25H2,1H3,(H,26,28). The highest BCUT2D eigenvalue weighted by atomic mass is 32.2. The van der Waals surface area contributed by atoms with Crippen LogP contribution in [0.1, 0.15) is 24.6 Å². The molecule has 0 aliphatic carbocycles. The van der Waals surface area contributed by atoms with Gasteiger partial charge in [0, 0.05) is 35.0 Å². The zero-order valence-electron chi connectivity index (χ0n) is 16.8. The second kappa shape index (κ2) is 7.75. The topological polar surface area (TPSA) is 111 Å². The van der Waals surface area contributed by atoms with E-state index in [1.807, 2.05) is 37.3 Å². The Hall–Kier alpha value is -3.18. The molecule has 3 N–H and O–H groups in total. The smallest absolute Gasteiger partial charge is 0.376 e. The highest BCUT2D eigenvalue weighted by molar-refractivity contribution is 7.88. The molecule has 0 amide bonds. The maximum absolute atomic E-state index is 12.7. The number of alkyl halides is 3. The Balaban J connectivity index is 1.81. The lowest BCUT2D eigenvalue weighted by atomic mass is 9.83. The molecule has 0 saturated carbocycles. The molecule has 168 valence electrons. The fourth-order valence-electron chi connectivity index (χ4n) is 3.59. The van der Waals surface area contributed by atoms with Crippen LogP contribution < -0.4 is 9.92 Å². The molecule has 1 unspecified atom stereocenters. The Bertz CT molecular complexity index is 1390. The summed E-state index contributed by atoms with van der Waals surface area (Å²) >= 11 is 0. The van der Waals surface area contributed by atoms with Crippen LogP contribution in [0.25, 0.3) is 21.8 Å². The second-order valence-corrected chi connectivity index (χ2v) is 8.96. The SMILES string of the molecule is CCC(N)(Cc1nc2cc(OS(=O)(=O)C(F)(F)F)ccc2c2c[nH]nc12)c1ccccc1. The average molecular weight is 464 g/mol. The lowest BCUT2D eigenvalue weighted by Gasteiger charge is -2.28. The normalized spacial score (nSPS) is 14.5. The number of H-pyrrole nitrogens is 1. The summed E-state index contributed by atoms with van der Waals surface area (Å²) in [4.78, 5) is 4.57. The van der Waals surface area contributed by atoms with Crippen LogP contribution in [0.3, 0.4) is 0 Å². The van der Waals surface area contributed by atoms with E-state index in [1.165, 1.54) is 6.07 Å². The molecule has 11 heteroatoms. The van der Waals surface area contributed by atoms with Gasteiger partial charge in [-0.25, -0.2) is 0 Å². The van der Waals surface area contributed by atoms with Crippen molar-refractivity contribution in [3.63, 3.8) is 0 Å². The van der Waals surface area contributed by atoms with Crippen LogP contribution in [-0.4, -0.2) is 29.1 Å². The highest BCUT2D eigenvalue weighted by Crippen LogP contribution is 2.34. The predicted molar refractivity (Wildman–Crippen MR) is 113 cm³/mol. The van der Waals surface area contributed by atoms with Crippen molar-refractivity contribution in [3.8, 4) is 5.75 Å². The molecule has 0 fully saturated rings. The van der Waals surface area contributed by atoms with E-state index in [1.54, 1.807) is 6.20 Å². The van der Waals surface area contributed by atoms with E-state index in [0.29, 0.717) is 34.8 Å². The van der Waals surface area contributed by atoms with Crippen molar-refractivity contribution >= 4 is 31.9 Å². The van der Waals surface area contributed by atoms with Crippen molar-refractivity contribution in [1.29, 1.82) is 0 Å². The van der Waals surface area contributed by atoms with E-state index in [9.17, 15) is 21.6 Å². The Kier molecular flexibility index (Phi) is 5.33. The van der Waals surface area contributed by atoms with E-state index in [0.717, 1.165) is 17.7 Å². The molecule has 2 heterocycles. The number of benzene rings is 2. The number of aromatic nitrogens is 3. The first-order valence-electron chi connectivity index (χ1n) is 9.65. The summed E-state index contributed by atoms with van der Waals surface area (Å²) in [5, 5.41) is 8.32. The van der Waals surface area contributed by atoms with Gasteiger partial charge in [0.2, 0.25) is 0 Å². The van der Waals surface area contributed by atoms with Gasteiger partial charge in [-0.15, -0.1) is 0 Å². The minimum Gasteiger partial charge on any atom is -0.376 e. The third-order valence-electron chi connectivity index (χ3n) is 5.38. The summed E-state index contributed by atoms with van der Waals surface area (Å²) < 4.78 is 65.1. The number of halogens is 3. The van der Waals surface area contributed by atoms with E-state index in [4.69, 9.17) is 5.73 Å². The van der Waals surface area contributed by atoms with Crippen LogP contribution in [0.15, 0.2) is 54.7 Å². The van der Waals surface area contributed by atoms with Gasteiger partial charge in [-0.1, -0.05) is 37.3 Å². The number of nitrogens with one attached hydrogen (secondary N) is 1. The van der Waals surface area contributed by atoms with Crippen LogP contribution in [0.4, 0.5) is 13.2 Å². The molecule has 4 aromatic rings. The number of fused-ring (bicyclic) bond motifs is 3. The summed E-state index contributed by atoms with van der Waals surface area (Å²) in [6.45, 7) is 1.95. The molecule has 2 aromatic carbocycles. The summed E-state index contributed by atoms with van der Waals surface area (Å²) in [5.41, 5.74) is 2.68. The van der Waals surface area contributed by atoms with E-state index < -0.39 is 26.9 Å². The average Bonchev–Trinajstić information content (AvgIpc) is 3.23. The summed E-state index contributed by atoms with van der Waals surface area (Å²) in [5.74, 6) is -0.492. The highest BCUT2D eigenvalue weighted by Gasteiger charge is 2.48. The fourth-order valence-corrected chi connectivity index (χ4v) is 4.05. The molecule has 0 aliphatic rings. The van der Waals surface area contributed by atoms with Crippen molar-refractivity contribution in [1.82, 2.24) is 15.2 Å². The predicted octanol–water partition coefficient (Wildman–Crippen LogP) is 4.15. The molecule has 2 aromatic heterocycles. The van der Waals surface area contributed by atoms with Crippen molar-refractivity contribution in [2.75, 3.05) is 0 Å². The molecular formula is C21H19F3N4O3S. The van der Waals surface area contributed by atoms with Gasteiger partial charge in [0.1, 0.15) is 11.3 Å². The molecule has 0 radical (unpaired) electrons. The van der Waals surface area contributed by atoms with Gasteiger partial charge in [0.05, 0.1) is 11.2 Å². The van der Waals surface area contributed by atoms with Crippen molar-refractivity contribution in [2.45, 2.75) is 30.8 Å². The number of pyridine rings is 1. The Morgan fingerprint density at radius 3 is 2.47 bits per heavy atom. The van der Waals surface area contributed by atoms with Gasteiger partial charge in [0.25, 0.3) is 0 Å². The molecule has 1 atom stereocenters. The first kappa shape index (κ1) is 22.0. The minimum absolute atomic E-state index is 0.260. The monoisotopic (exact) mass is 464 g/mol. The van der Waals surface area contributed by atoms with Crippen LogP contribution >= 0.6 is 0 Å². The van der Waals surface area contributed by atoms with Gasteiger partial charge in [0.15, 0.2) is 0 Å². The van der Waals surface area contributed by atoms with Gasteiger partial charge in [-0.05, 0) is 24.1 Å². The largest absolute Gasteiger partial charge is 0.534 e. The molecule has 32 heavy (non-hydrogen) atoms. The minimum atomic E-state index is -5.80. The van der Waals surface area contributed by atoms with E-state index in [2.05, 4.69) is 19.4 Å². The molecule has 4 rings (SSSR count). The zero-order valence-corrected chi connectivity index (χ0v) is 17.7. The van der Waals surface area contributed by atoms with Crippen LogP contribution in [0, 0.1) is 0 Å². The van der Waals surface area contributed by atoms with Gasteiger partial charge >= 0.3 is 15.6 Å². The molecule has 0 bridgehead atoms. The summed E-state index contributed by atoms with van der Waals surface area (Å²) in [6.07, 6.45) is 2.54. The third-order valence-corrected chi connectivity index (χ3v) is 6.36. The van der Waals surface area contributed by atoms with Crippen LogP contribution in [0.2, 0.25) is 0 Å². The lowest BCUT2D eigenvalue weighted by molar-refractivity contribution is -0.0500. The first-order chi connectivity index (χ1) is 15.0. The van der Waals surface area contributed by atoms with Crippen molar-refractivity contribution in [2.24, 2.45) is 5.73 Å². The Morgan fingerprint density at radius 1 is 1.09 bits per heavy atom.